The molecule has 1 amide bonds. The Balaban J connectivity index is 2.41. The molecule has 1 rings (SSSR count). The number of carbonyl (C=O) groups excluding carboxylic acids is 1. The van der Waals surface area contributed by atoms with Gasteiger partial charge < -0.3 is 11.1 Å². The maximum atomic E-state index is 11.5. The zero-order valence-electron chi connectivity index (χ0n) is 9.10. The molecule has 1 unspecified atom stereocenters. The number of hydrogen-bond donors (Lipinski definition) is 2. The van der Waals surface area contributed by atoms with Gasteiger partial charge in [-0.25, -0.2) is 0 Å². The fourth-order valence-corrected chi connectivity index (χ4v) is 1.11. The molecule has 1 heterocycles. The fourth-order valence-electron chi connectivity index (χ4n) is 1.11. The Labute approximate surface area is 89.9 Å². The molecule has 0 radical (unpaired) electrons. The second-order valence-electron chi connectivity index (χ2n) is 3.84. The number of carbonyl (C=O) groups is 1. The van der Waals surface area contributed by atoms with E-state index in [9.17, 15) is 4.79 Å². The average molecular weight is 207 g/mol. The van der Waals surface area contributed by atoms with Gasteiger partial charge in [-0.15, -0.1) is 0 Å². The Bertz CT molecular complexity index is 311. The van der Waals surface area contributed by atoms with Crippen LogP contribution >= 0.6 is 0 Å². The lowest BCUT2D eigenvalue weighted by atomic mass is 10.1. The molecule has 0 aliphatic rings. The van der Waals surface area contributed by atoms with E-state index in [0.29, 0.717) is 6.54 Å². The van der Waals surface area contributed by atoms with Gasteiger partial charge in [0.15, 0.2) is 0 Å². The van der Waals surface area contributed by atoms with E-state index in [1.165, 1.54) is 0 Å². The highest BCUT2D eigenvalue weighted by atomic mass is 16.2. The summed E-state index contributed by atoms with van der Waals surface area (Å²) in [5, 5.41) is 2.79. The number of nitrogens with zero attached hydrogens (tertiary/aromatic N) is 1. The van der Waals surface area contributed by atoms with Crippen LogP contribution in [0.3, 0.4) is 0 Å². The topological polar surface area (TPSA) is 68.0 Å². The predicted octanol–water partition coefficient (Wildman–Crippen LogP) is 0.681. The van der Waals surface area contributed by atoms with Gasteiger partial charge in [0.1, 0.15) is 0 Å². The Morgan fingerprint density at radius 1 is 1.47 bits per heavy atom. The number of nitrogens with two attached hydrogens (primary N) is 1. The summed E-state index contributed by atoms with van der Waals surface area (Å²) in [5.41, 5.74) is 6.72. The van der Waals surface area contributed by atoms with E-state index in [1.807, 2.05) is 26.0 Å². The number of nitrogens with one attached hydrogen (secondary N) is 1. The average Bonchev–Trinajstić information content (AvgIpc) is 2.26. The van der Waals surface area contributed by atoms with E-state index in [0.717, 1.165) is 5.56 Å². The van der Waals surface area contributed by atoms with Gasteiger partial charge in [-0.1, -0.05) is 13.8 Å². The van der Waals surface area contributed by atoms with Gasteiger partial charge >= 0.3 is 0 Å². The van der Waals surface area contributed by atoms with Gasteiger partial charge in [0.05, 0.1) is 6.04 Å². The fraction of sp³-hybridized carbons (Fsp3) is 0.455. The first kappa shape index (κ1) is 11.7. The molecule has 1 aromatic rings. The van der Waals surface area contributed by atoms with Crippen LogP contribution in [-0.4, -0.2) is 16.9 Å². The first-order chi connectivity index (χ1) is 7.11. The molecule has 0 saturated carbocycles. The van der Waals surface area contributed by atoms with Crippen molar-refractivity contribution in [1.82, 2.24) is 10.3 Å². The molecule has 0 aromatic carbocycles. The minimum atomic E-state index is -0.438. The van der Waals surface area contributed by atoms with Gasteiger partial charge in [0.2, 0.25) is 5.91 Å². The standard InChI is InChI=1S/C11H17N3O/c1-8(2)10(12)11(15)14-7-9-3-5-13-6-4-9/h3-6,8,10H,7,12H2,1-2H3,(H,14,15). The van der Waals surface area contributed by atoms with Gasteiger partial charge in [0, 0.05) is 18.9 Å². The molecule has 82 valence electrons. The quantitative estimate of drug-likeness (QED) is 0.763. The van der Waals surface area contributed by atoms with Crippen LogP contribution in [0.2, 0.25) is 0 Å². The van der Waals surface area contributed by atoms with Crippen LogP contribution in [0.15, 0.2) is 24.5 Å². The van der Waals surface area contributed by atoms with Crippen molar-refractivity contribution in [3.05, 3.63) is 30.1 Å². The second-order valence-corrected chi connectivity index (χ2v) is 3.84. The Hall–Kier alpha value is -1.42. The summed E-state index contributed by atoms with van der Waals surface area (Å²) in [6, 6.07) is 3.29. The van der Waals surface area contributed by atoms with Crippen LogP contribution in [0, 0.1) is 5.92 Å². The second kappa shape index (κ2) is 5.46. The predicted molar refractivity (Wildman–Crippen MR) is 58.9 cm³/mol. The monoisotopic (exact) mass is 207 g/mol. The zero-order valence-corrected chi connectivity index (χ0v) is 9.10. The van der Waals surface area contributed by atoms with Crippen molar-refractivity contribution < 1.29 is 4.79 Å². The molecule has 3 N–H and O–H groups in total. The molecule has 1 aromatic heterocycles. The van der Waals surface area contributed by atoms with E-state index < -0.39 is 6.04 Å². The van der Waals surface area contributed by atoms with Gasteiger partial charge in [-0.2, -0.15) is 0 Å². The van der Waals surface area contributed by atoms with Gasteiger partial charge in [-0.3, -0.25) is 9.78 Å². The molecular formula is C11H17N3O. The molecule has 4 heteroatoms. The normalized spacial score (nSPS) is 12.5. The molecule has 0 aliphatic heterocycles. The van der Waals surface area contributed by atoms with E-state index in [1.54, 1.807) is 12.4 Å². The summed E-state index contributed by atoms with van der Waals surface area (Å²) in [7, 11) is 0. The summed E-state index contributed by atoms with van der Waals surface area (Å²) in [6.45, 7) is 4.36. The third kappa shape index (κ3) is 3.67. The van der Waals surface area contributed by atoms with Crippen molar-refractivity contribution in [3.8, 4) is 0 Å². The third-order valence-electron chi connectivity index (χ3n) is 2.24. The number of aromatic nitrogens is 1. The Morgan fingerprint density at radius 3 is 2.60 bits per heavy atom. The van der Waals surface area contributed by atoms with E-state index >= 15 is 0 Å². The maximum Gasteiger partial charge on any atom is 0.237 e. The van der Waals surface area contributed by atoms with Crippen LogP contribution < -0.4 is 11.1 Å². The molecule has 0 bridgehead atoms. The lowest BCUT2D eigenvalue weighted by Gasteiger charge is -2.15. The lowest BCUT2D eigenvalue weighted by Crippen LogP contribution is -2.43. The van der Waals surface area contributed by atoms with Gasteiger partial charge in [0.25, 0.3) is 0 Å². The van der Waals surface area contributed by atoms with E-state index in [-0.39, 0.29) is 11.8 Å². The number of rotatable bonds is 4. The minimum Gasteiger partial charge on any atom is -0.351 e. The van der Waals surface area contributed by atoms with Crippen molar-refractivity contribution in [2.24, 2.45) is 11.7 Å². The lowest BCUT2D eigenvalue weighted by molar-refractivity contribution is -0.123. The molecule has 0 spiro atoms. The van der Waals surface area contributed by atoms with Crippen LogP contribution in [0.1, 0.15) is 19.4 Å². The summed E-state index contributed by atoms with van der Waals surface area (Å²) in [5.74, 6) is 0.0456. The van der Waals surface area contributed by atoms with Crippen molar-refractivity contribution >= 4 is 5.91 Å². The molecule has 4 nitrogen and oxygen atoms in total. The van der Waals surface area contributed by atoms with Crippen LogP contribution in [0.4, 0.5) is 0 Å². The van der Waals surface area contributed by atoms with Crippen molar-refractivity contribution in [3.63, 3.8) is 0 Å². The number of amides is 1. The largest absolute Gasteiger partial charge is 0.351 e. The highest BCUT2D eigenvalue weighted by Gasteiger charge is 2.16. The zero-order chi connectivity index (χ0) is 11.3. The van der Waals surface area contributed by atoms with E-state index in [4.69, 9.17) is 5.73 Å². The van der Waals surface area contributed by atoms with Gasteiger partial charge in [-0.05, 0) is 23.6 Å². The SMILES string of the molecule is CC(C)C(N)C(=O)NCc1ccncc1. The molecule has 0 fully saturated rings. The molecule has 15 heavy (non-hydrogen) atoms. The number of pyridine rings is 1. The summed E-state index contributed by atoms with van der Waals surface area (Å²) in [6.07, 6.45) is 3.40. The highest BCUT2D eigenvalue weighted by Crippen LogP contribution is 1.99. The molecule has 0 saturated heterocycles. The third-order valence-corrected chi connectivity index (χ3v) is 2.24. The summed E-state index contributed by atoms with van der Waals surface area (Å²) < 4.78 is 0. The Morgan fingerprint density at radius 2 is 2.07 bits per heavy atom. The minimum absolute atomic E-state index is 0.109. The van der Waals surface area contributed by atoms with Crippen LogP contribution in [0.25, 0.3) is 0 Å². The molecule has 0 aliphatic carbocycles. The van der Waals surface area contributed by atoms with E-state index in [2.05, 4.69) is 10.3 Å². The highest BCUT2D eigenvalue weighted by molar-refractivity contribution is 5.81. The molecular weight excluding hydrogens is 190 g/mol. The Kier molecular flexibility index (Phi) is 4.24. The summed E-state index contributed by atoms with van der Waals surface area (Å²) >= 11 is 0. The van der Waals surface area contributed by atoms with Crippen LogP contribution in [-0.2, 0) is 11.3 Å². The van der Waals surface area contributed by atoms with Crippen molar-refractivity contribution in [2.75, 3.05) is 0 Å². The number of hydrogen-bond acceptors (Lipinski definition) is 3. The maximum absolute atomic E-state index is 11.5. The van der Waals surface area contributed by atoms with Crippen molar-refractivity contribution in [2.45, 2.75) is 26.4 Å². The first-order valence-corrected chi connectivity index (χ1v) is 5.03. The molecule has 1 atom stereocenters. The van der Waals surface area contributed by atoms with Crippen molar-refractivity contribution in [1.29, 1.82) is 0 Å². The van der Waals surface area contributed by atoms with Crippen LogP contribution in [0.5, 0.6) is 0 Å². The first-order valence-electron chi connectivity index (χ1n) is 5.03. The summed E-state index contributed by atoms with van der Waals surface area (Å²) in [4.78, 5) is 15.4. The smallest absolute Gasteiger partial charge is 0.237 e.